The molecule has 0 aliphatic heterocycles. The first kappa shape index (κ1) is 11.6. The van der Waals surface area contributed by atoms with E-state index in [2.05, 4.69) is 0 Å². The minimum Gasteiger partial charge on any atom is -0.300 e. The maximum atomic E-state index is 12.2. The summed E-state index contributed by atoms with van der Waals surface area (Å²) in [5.41, 5.74) is 0.0198. The van der Waals surface area contributed by atoms with Crippen molar-refractivity contribution in [2.75, 3.05) is 13.6 Å². The summed E-state index contributed by atoms with van der Waals surface area (Å²) in [6.07, 6.45) is 0.838. The number of Topliss-reactive ketones (excluding diaryl/α,β-unsaturated/α-hetero) is 1. The Balaban J connectivity index is 3.61. The predicted octanol–water partition coefficient (Wildman–Crippen LogP) is 2.20. The van der Waals surface area contributed by atoms with Gasteiger partial charge in [-0.25, -0.2) is 0 Å². The largest absolute Gasteiger partial charge is 0.300 e. The molecule has 0 aliphatic rings. The van der Waals surface area contributed by atoms with Crippen LogP contribution in [0.4, 0.5) is 4.48 Å². The topological polar surface area (TPSA) is 20.3 Å². The summed E-state index contributed by atoms with van der Waals surface area (Å²) in [6, 6.07) is 0. The number of halogens is 1. The average molecular weight is 175 g/mol. The number of rotatable bonds is 4. The number of hydrogen-bond acceptors (Lipinski definition) is 2. The molecule has 72 valence electrons. The highest BCUT2D eigenvalue weighted by Crippen LogP contribution is 2.19. The predicted molar refractivity (Wildman–Crippen MR) is 47.4 cm³/mol. The van der Waals surface area contributed by atoms with Gasteiger partial charge in [0.2, 0.25) is 0 Å². The van der Waals surface area contributed by atoms with Crippen LogP contribution in [0.25, 0.3) is 0 Å². The zero-order chi connectivity index (χ0) is 9.78. The molecule has 0 heterocycles. The van der Waals surface area contributed by atoms with Gasteiger partial charge in [0, 0.05) is 26.4 Å². The molecule has 0 bridgehead atoms. The lowest BCUT2D eigenvalue weighted by Crippen LogP contribution is -2.17. The zero-order valence-corrected chi connectivity index (χ0v) is 8.35. The van der Waals surface area contributed by atoms with Gasteiger partial charge in [0.15, 0.2) is 0 Å². The highest BCUT2D eigenvalue weighted by atomic mass is 19.2. The van der Waals surface area contributed by atoms with Crippen molar-refractivity contribution in [2.24, 2.45) is 5.41 Å². The van der Waals surface area contributed by atoms with E-state index in [4.69, 9.17) is 0 Å². The van der Waals surface area contributed by atoms with Crippen LogP contribution in [0.2, 0.25) is 0 Å². The van der Waals surface area contributed by atoms with Gasteiger partial charge in [-0.3, -0.25) is 4.79 Å². The quantitative estimate of drug-likeness (QED) is 0.610. The summed E-state index contributed by atoms with van der Waals surface area (Å²) in [4.78, 5) is 11.2. The number of carbonyl (C=O) groups excluding carboxylic acids is 1. The van der Waals surface area contributed by atoms with E-state index in [0.717, 1.165) is 0 Å². The van der Waals surface area contributed by atoms with Gasteiger partial charge in [0.25, 0.3) is 0 Å². The van der Waals surface area contributed by atoms with Crippen molar-refractivity contribution >= 4 is 5.78 Å². The normalized spacial score (nSPS) is 12.2. The molecule has 0 fully saturated rings. The van der Waals surface area contributed by atoms with Crippen LogP contribution in [-0.4, -0.2) is 24.5 Å². The smallest absolute Gasteiger partial charge is 0.134 e. The van der Waals surface area contributed by atoms with E-state index in [9.17, 15) is 9.28 Å². The van der Waals surface area contributed by atoms with E-state index in [1.165, 1.54) is 7.05 Å². The number of hydrogen-bond donors (Lipinski definition) is 0. The van der Waals surface area contributed by atoms with E-state index in [1.807, 2.05) is 20.8 Å². The monoisotopic (exact) mass is 175 g/mol. The first-order valence-electron chi connectivity index (χ1n) is 4.20. The summed E-state index contributed by atoms with van der Waals surface area (Å²) >= 11 is 0. The Hall–Kier alpha value is -0.440. The Morgan fingerprint density at radius 1 is 1.42 bits per heavy atom. The molecule has 0 N–H and O–H groups in total. The zero-order valence-electron chi connectivity index (χ0n) is 8.35. The van der Waals surface area contributed by atoms with Crippen molar-refractivity contribution in [1.29, 1.82) is 0 Å². The third kappa shape index (κ3) is 7.66. The number of nitrogens with zero attached hydrogens (tertiary/aromatic N) is 1. The van der Waals surface area contributed by atoms with Gasteiger partial charge in [-0.15, -0.1) is 9.60 Å². The summed E-state index contributed by atoms with van der Waals surface area (Å²) in [5, 5.41) is 0.542. The summed E-state index contributed by atoms with van der Waals surface area (Å²) in [5.74, 6) is 0.131. The molecule has 3 heteroatoms. The SMILES string of the molecule is CN(F)CCC(=O)CC(C)(C)C. The van der Waals surface area contributed by atoms with Crippen molar-refractivity contribution in [3.63, 3.8) is 0 Å². The molecule has 0 spiro atoms. The van der Waals surface area contributed by atoms with Crippen LogP contribution in [-0.2, 0) is 4.79 Å². The Labute approximate surface area is 73.7 Å². The number of carbonyl (C=O) groups is 1. The van der Waals surface area contributed by atoms with Gasteiger partial charge in [-0.1, -0.05) is 20.8 Å². The second kappa shape index (κ2) is 4.55. The minimum atomic E-state index is 0.0198. The molecule has 0 aliphatic carbocycles. The van der Waals surface area contributed by atoms with E-state index in [-0.39, 0.29) is 17.7 Å². The fraction of sp³-hybridized carbons (Fsp3) is 0.889. The minimum absolute atomic E-state index is 0.0198. The maximum Gasteiger partial charge on any atom is 0.134 e. The van der Waals surface area contributed by atoms with Gasteiger partial charge in [-0.05, 0) is 5.41 Å². The Bertz CT molecular complexity index is 149. The molecular weight excluding hydrogens is 157 g/mol. The van der Waals surface area contributed by atoms with Gasteiger partial charge in [0.05, 0.1) is 0 Å². The van der Waals surface area contributed by atoms with Crippen LogP contribution in [0.15, 0.2) is 0 Å². The molecule has 0 rings (SSSR count). The van der Waals surface area contributed by atoms with Crippen molar-refractivity contribution in [3.8, 4) is 0 Å². The standard InChI is InChI=1S/C9H18FNO/c1-9(2,3)7-8(12)5-6-11(4)10/h5-7H2,1-4H3. The molecule has 0 saturated carbocycles. The van der Waals surface area contributed by atoms with E-state index < -0.39 is 0 Å². The lowest BCUT2D eigenvalue weighted by Gasteiger charge is -2.16. The molecule has 0 atom stereocenters. The van der Waals surface area contributed by atoms with E-state index >= 15 is 0 Å². The fourth-order valence-corrected chi connectivity index (χ4v) is 0.959. The van der Waals surface area contributed by atoms with Crippen molar-refractivity contribution in [1.82, 2.24) is 5.12 Å². The first-order chi connectivity index (χ1) is 5.31. The lowest BCUT2D eigenvalue weighted by atomic mass is 9.89. The molecular formula is C9H18FNO. The third-order valence-corrected chi connectivity index (χ3v) is 1.43. The summed E-state index contributed by atoms with van der Waals surface area (Å²) in [6.45, 7) is 6.22. The highest BCUT2D eigenvalue weighted by molar-refractivity contribution is 5.79. The highest BCUT2D eigenvalue weighted by Gasteiger charge is 2.15. The second-order valence-electron chi connectivity index (χ2n) is 4.35. The Kier molecular flexibility index (Phi) is 4.39. The molecule has 0 aromatic rings. The van der Waals surface area contributed by atoms with Crippen LogP contribution in [0.1, 0.15) is 33.6 Å². The molecule has 12 heavy (non-hydrogen) atoms. The van der Waals surface area contributed by atoms with Gasteiger partial charge < -0.3 is 0 Å². The van der Waals surface area contributed by atoms with Crippen LogP contribution in [0.5, 0.6) is 0 Å². The summed E-state index contributed by atoms with van der Waals surface area (Å²) in [7, 11) is 1.32. The summed E-state index contributed by atoms with van der Waals surface area (Å²) < 4.78 is 12.2. The molecule has 0 unspecified atom stereocenters. The average Bonchev–Trinajstić information content (AvgIpc) is 1.79. The molecule has 0 saturated heterocycles. The van der Waals surface area contributed by atoms with Gasteiger partial charge >= 0.3 is 0 Å². The molecule has 0 aromatic carbocycles. The number of ketones is 1. The molecule has 0 amide bonds. The molecule has 0 aromatic heterocycles. The van der Waals surface area contributed by atoms with Crippen molar-refractivity contribution in [2.45, 2.75) is 33.6 Å². The van der Waals surface area contributed by atoms with Crippen LogP contribution >= 0.6 is 0 Å². The van der Waals surface area contributed by atoms with Crippen molar-refractivity contribution in [3.05, 3.63) is 0 Å². The lowest BCUT2D eigenvalue weighted by molar-refractivity contribution is -0.121. The van der Waals surface area contributed by atoms with Crippen LogP contribution < -0.4 is 0 Å². The van der Waals surface area contributed by atoms with Crippen LogP contribution in [0.3, 0.4) is 0 Å². The third-order valence-electron chi connectivity index (χ3n) is 1.43. The first-order valence-corrected chi connectivity index (χ1v) is 4.20. The van der Waals surface area contributed by atoms with Crippen LogP contribution in [0, 0.1) is 5.41 Å². The second-order valence-corrected chi connectivity index (χ2v) is 4.35. The Morgan fingerprint density at radius 3 is 2.25 bits per heavy atom. The Morgan fingerprint density at radius 2 is 1.92 bits per heavy atom. The van der Waals surface area contributed by atoms with Gasteiger partial charge in [-0.2, -0.15) is 0 Å². The maximum absolute atomic E-state index is 12.2. The van der Waals surface area contributed by atoms with Gasteiger partial charge in [0.1, 0.15) is 5.78 Å². The molecule has 0 radical (unpaired) electrons. The molecule has 2 nitrogen and oxygen atoms in total. The van der Waals surface area contributed by atoms with E-state index in [0.29, 0.717) is 18.0 Å². The van der Waals surface area contributed by atoms with E-state index in [1.54, 1.807) is 0 Å². The fourth-order valence-electron chi connectivity index (χ4n) is 0.959. The van der Waals surface area contributed by atoms with Crippen molar-refractivity contribution < 1.29 is 9.28 Å².